The summed E-state index contributed by atoms with van der Waals surface area (Å²) in [4.78, 5) is 4.16. The van der Waals surface area contributed by atoms with Gasteiger partial charge in [-0.25, -0.2) is 0 Å². The van der Waals surface area contributed by atoms with Gasteiger partial charge in [-0.2, -0.15) is 5.10 Å². The predicted molar refractivity (Wildman–Crippen MR) is 64.5 cm³/mol. The lowest BCUT2D eigenvalue weighted by molar-refractivity contribution is 0.320. The molecule has 2 aromatic rings. The number of aromatic nitrogens is 3. The molecule has 2 heterocycles. The quantitative estimate of drug-likeness (QED) is 0.831. The highest BCUT2D eigenvalue weighted by Crippen LogP contribution is 2.09. The fourth-order valence-electron chi connectivity index (χ4n) is 1.50. The number of nitrogens with zero attached hydrogens (tertiary/aromatic N) is 3. The Bertz CT molecular complexity index is 464. The molecule has 2 rings (SSSR count). The van der Waals surface area contributed by atoms with Crippen LogP contribution in [0.15, 0.2) is 30.7 Å². The lowest BCUT2D eigenvalue weighted by atomic mass is 10.3. The number of rotatable bonds is 5. The molecular formula is C12H16N4O. The van der Waals surface area contributed by atoms with E-state index >= 15 is 0 Å². The average Bonchev–Trinajstić information content (AvgIpc) is 2.76. The van der Waals surface area contributed by atoms with E-state index in [1.54, 1.807) is 10.9 Å². The summed E-state index contributed by atoms with van der Waals surface area (Å²) in [7, 11) is 1.90. The van der Waals surface area contributed by atoms with Crippen LogP contribution < -0.4 is 10.5 Å². The summed E-state index contributed by atoms with van der Waals surface area (Å²) in [6.07, 6.45) is 6.37. The molecule has 0 unspecified atom stereocenters. The van der Waals surface area contributed by atoms with Crippen molar-refractivity contribution in [2.75, 3.05) is 6.61 Å². The minimum absolute atomic E-state index is 0.454. The van der Waals surface area contributed by atoms with Crippen LogP contribution >= 0.6 is 0 Å². The van der Waals surface area contributed by atoms with Gasteiger partial charge in [0.15, 0.2) is 0 Å². The van der Waals surface area contributed by atoms with Gasteiger partial charge in [-0.3, -0.25) is 9.67 Å². The molecule has 5 heteroatoms. The molecule has 0 aliphatic carbocycles. The van der Waals surface area contributed by atoms with Crippen molar-refractivity contribution in [1.82, 2.24) is 14.8 Å². The maximum Gasteiger partial charge on any atom is 0.137 e. The molecule has 0 amide bonds. The fraction of sp³-hybridized carbons (Fsp3) is 0.333. The van der Waals surface area contributed by atoms with Gasteiger partial charge in [-0.05, 0) is 17.7 Å². The Hall–Kier alpha value is -1.88. The molecule has 90 valence electrons. The summed E-state index contributed by atoms with van der Waals surface area (Å²) in [6, 6.07) is 3.76. The number of aryl methyl sites for hydroxylation is 1. The van der Waals surface area contributed by atoms with Gasteiger partial charge >= 0.3 is 0 Å². The van der Waals surface area contributed by atoms with Crippen LogP contribution in [0.3, 0.4) is 0 Å². The molecule has 2 N–H and O–H groups in total. The van der Waals surface area contributed by atoms with Crippen molar-refractivity contribution in [2.45, 2.75) is 13.0 Å². The molecule has 0 bridgehead atoms. The van der Waals surface area contributed by atoms with Gasteiger partial charge < -0.3 is 10.5 Å². The number of nitrogens with two attached hydrogens (primary N) is 1. The summed E-state index contributed by atoms with van der Waals surface area (Å²) < 4.78 is 7.36. The van der Waals surface area contributed by atoms with Crippen molar-refractivity contribution in [3.05, 3.63) is 42.0 Å². The number of hydrogen-bond acceptors (Lipinski definition) is 4. The Morgan fingerprint density at radius 3 is 2.82 bits per heavy atom. The van der Waals surface area contributed by atoms with Crippen molar-refractivity contribution in [3.63, 3.8) is 0 Å². The molecule has 0 radical (unpaired) electrons. The third-order valence-electron chi connectivity index (χ3n) is 2.42. The SMILES string of the molecule is Cn1cc(CCOc2ccc(CN)nc2)cn1. The molecular weight excluding hydrogens is 216 g/mol. The highest BCUT2D eigenvalue weighted by Gasteiger charge is 1.98. The van der Waals surface area contributed by atoms with E-state index in [4.69, 9.17) is 10.5 Å². The van der Waals surface area contributed by atoms with Crippen molar-refractivity contribution >= 4 is 0 Å². The second kappa shape index (κ2) is 5.45. The predicted octanol–water partition coefficient (Wildman–Crippen LogP) is 0.895. The maximum atomic E-state index is 5.58. The lowest BCUT2D eigenvalue weighted by Gasteiger charge is -2.05. The molecule has 0 spiro atoms. The van der Waals surface area contributed by atoms with Gasteiger partial charge in [-0.1, -0.05) is 0 Å². The summed E-state index contributed by atoms with van der Waals surface area (Å²) in [5, 5.41) is 4.10. The number of hydrogen-bond donors (Lipinski definition) is 1. The first-order chi connectivity index (χ1) is 8.28. The zero-order chi connectivity index (χ0) is 12.1. The molecule has 0 aliphatic heterocycles. The molecule has 0 aliphatic rings. The second-order valence-corrected chi connectivity index (χ2v) is 3.81. The molecule has 0 aromatic carbocycles. The molecule has 0 saturated heterocycles. The zero-order valence-corrected chi connectivity index (χ0v) is 9.84. The Morgan fingerprint density at radius 1 is 1.35 bits per heavy atom. The molecule has 0 atom stereocenters. The van der Waals surface area contributed by atoms with E-state index in [-0.39, 0.29) is 0 Å². The monoisotopic (exact) mass is 232 g/mol. The summed E-state index contributed by atoms with van der Waals surface area (Å²) in [5.41, 5.74) is 7.50. The Morgan fingerprint density at radius 2 is 2.24 bits per heavy atom. The molecule has 0 fully saturated rings. The Balaban J connectivity index is 1.81. The molecule has 5 nitrogen and oxygen atoms in total. The van der Waals surface area contributed by atoms with Crippen molar-refractivity contribution in [1.29, 1.82) is 0 Å². The normalized spacial score (nSPS) is 10.5. The summed E-state index contributed by atoms with van der Waals surface area (Å²) in [6.45, 7) is 1.07. The fourth-order valence-corrected chi connectivity index (χ4v) is 1.50. The van der Waals surface area contributed by atoms with Crippen molar-refractivity contribution in [2.24, 2.45) is 12.8 Å². The van der Waals surface area contributed by atoms with Gasteiger partial charge in [0.2, 0.25) is 0 Å². The van der Waals surface area contributed by atoms with Gasteiger partial charge in [0.05, 0.1) is 24.7 Å². The average molecular weight is 232 g/mol. The van der Waals surface area contributed by atoms with Crippen molar-refractivity contribution < 1.29 is 4.74 Å². The van der Waals surface area contributed by atoms with Gasteiger partial charge in [-0.15, -0.1) is 0 Å². The first-order valence-electron chi connectivity index (χ1n) is 5.53. The molecule has 17 heavy (non-hydrogen) atoms. The van der Waals surface area contributed by atoms with Crippen LogP contribution in [0.1, 0.15) is 11.3 Å². The minimum atomic E-state index is 0.454. The largest absolute Gasteiger partial charge is 0.492 e. The Kier molecular flexibility index (Phi) is 3.72. The standard InChI is InChI=1S/C12H16N4O/c1-16-9-10(7-15-16)4-5-17-12-3-2-11(6-13)14-8-12/h2-3,7-9H,4-6,13H2,1H3. The topological polar surface area (TPSA) is 66.0 Å². The second-order valence-electron chi connectivity index (χ2n) is 3.81. The number of pyridine rings is 1. The van der Waals surface area contributed by atoms with E-state index in [0.717, 1.165) is 17.9 Å². The highest BCUT2D eigenvalue weighted by atomic mass is 16.5. The van der Waals surface area contributed by atoms with E-state index in [2.05, 4.69) is 10.1 Å². The first kappa shape index (κ1) is 11.6. The van der Waals surface area contributed by atoms with Crippen LogP contribution in [-0.4, -0.2) is 21.4 Å². The van der Waals surface area contributed by atoms with E-state index < -0.39 is 0 Å². The summed E-state index contributed by atoms with van der Waals surface area (Å²) >= 11 is 0. The van der Waals surface area contributed by atoms with Crippen molar-refractivity contribution in [3.8, 4) is 5.75 Å². The van der Waals surface area contributed by atoms with Gasteiger partial charge in [0, 0.05) is 26.2 Å². The molecule has 2 aromatic heterocycles. The van der Waals surface area contributed by atoms with Crippen LogP contribution in [0.25, 0.3) is 0 Å². The van der Waals surface area contributed by atoms with Crippen LogP contribution in [0.4, 0.5) is 0 Å². The minimum Gasteiger partial charge on any atom is -0.492 e. The van der Waals surface area contributed by atoms with Crippen LogP contribution in [-0.2, 0) is 20.0 Å². The summed E-state index contributed by atoms with van der Waals surface area (Å²) in [5.74, 6) is 0.770. The Labute approximate surface area is 100 Å². The lowest BCUT2D eigenvalue weighted by Crippen LogP contribution is -2.03. The van der Waals surface area contributed by atoms with E-state index in [9.17, 15) is 0 Å². The van der Waals surface area contributed by atoms with Crippen LogP contribution in [0.2, 0.25) is 0 Å². The van der Waals surface area contributed by atoms with E-state index in [1.165, 1.54) is 5.56 Å². The third-order valence-corrected chi connectivity index (χ3v) is 2.42. The van der Waals surface area contributed by atoms with E-state index in [0.29, 0.717) is 13.2 Å². The zero-order valence-electron chi connectivity index (χ0n) is 9.84. The first-order valence-corrected chi connectivity index (χ1v) is 5.53. The smallest absolute Gasteiger partial charge is 0.137 e. The third kappa shape index (κ3) is 3.29. The molecule has 0 saturated carbocycles. The van der Waals surface area contributed by atoms with Crippen LogP contribution in [0, 0.1) is 0 Å². The maximum absolute atomic E-state index is 5.58. The highest BCUT2D eigenvalue weighted by molar-refractivity contribution is 5.19. The van der Waals surface area contributed by atoms with E-state index in [1.807, 2.05) is 31.6 Å². The van der Waals surface area contributed by atoms with Gasteiger partial charge in [0.1, 0.15) is 5.75 Å². The number of ether oxygens (including phenoxy) is 1. The van der Waals surface area contributed by atoms with Crippen LogP contribution in [0.5, 0.6) is 5.75 Å². The van der Waals surface area contributed by atoms with Gasteiger partial charge in [0.25, 0.3) is 0 Å².